The van der Waals surface area contributed by atoms with Crippen molar-refractivity contribution in [3.63, 3.8) is 0 Å². The summed E-state index contributed by atoms with van der Waals surface area (Å²) in [6.07, 6.45) is 8.50. The van der Waals surface area contributed by atoms with Crippen LogP contribution in [0.3, 0.4) is 0 Å². The van der Waals surface area contributed by atoms with Crippen molar-refractivity contribution in [3.05, 3.63) is 65.7 Å². The first-order valence-electron chi connectivity index (χ1n) is 11.8. The third-order valence-corrected chi connectivity index (χ3v) is 5.68. The second kappa shape index (κ2) is 13.1. The molecule has 0 aliphatic heterocycles. The van der Waals surface area contributed by atoms with Crippen LogP contribution in [-0.2, 0) is 4.74 Å². The predicted octanol–water partition coefficient (Wildman–Crippen LogP) is 6.48. The summed E-state index contributed by atoms with van der Waals surface area (Å²) in [5.41, 5.74) is 0.648. The Morgan fingerprint density at radius 3 is 2.15 bits per heavy atom. The van der Waals surface area contributed by atoms with E-state index in [9.17, 15) is 15.0 Å². The molecule has 0 saturated carbocycles. The van der Waals surface area contributed by atoms with E-state index in [4.69, 9.17) is 14.7 Å². The van der Waals surface area contributed by atoms with Crippen molar-refractivity contribution in [1.29, 1.82) is 5.26 Å². The van der Waals surface area contributed by atoms with E-state index in [1.54, 1.807) is 0 Å². The molecule has 3 aromatic rings. The second-order valence-corrected chi connectivity index (χ2v) is 8.35. The van der Waals surface area contributed by atoms with Gasteiger partial charge in [0.05, 0.1) is 24.8 Å². The van der Waals surface area contributed by atoms with Gasteiger partial charge < -0.3 is 19.7 Å². The molecule has 0 aromatic heterocycles. The highest BCUT2D eigenvalue weighted by molar-refractivity contribution is 5.92. The summed E-state index contributed by atoms with van der Waals surface area (Å²) < 4.78 is 11.0. The molecule has 0 radical (unpaired) electrons. The molecule has 2 N–H and O–H groups in total. The van der Waals surface area contributed by atoms with Gasteiger partial charge in [-0.2, -0.15) is 5.26 Å². The smallest absolute Gasteiger partial charge is 0.342 e. The highest BCUT2D eigenvalue weighted by Gasteiger charge is 2.13. The van der Waals surface area contributed by atoms with E-state index in [1.165, 1.54) is 31.0 Å². The highest BCUT2D eigenvalue weighted by Crippen LogP contribution is 2.23. The number of phenols is 2. The zero-order valence-corrected chi connectivity index (χ0v) is 19.3. The minimum atomic E-state index is -0.618. The van der Waals surface area contributed by atoms with Gasteiger partial charge >= 0.3 is 5.97 Å². The lowest BCUT2D eigenvalue weighted by molar-refractivity contribution is 0.0494. The molecule has 0 spiro atoms. The second-order valence-electron chi connectivity index (χ2n) is 8.35. The molecule has 0 atom stereocenters. The maximum Gasteiger partial charge on any atom is 0.342 e. The third-order valence-electron chi connectivity index (χ3n) is 5.68. The van der Waals surface area contributed by atoms with Gasteiger partial charge in [0.1, 0.15) is 22.8 Å². The predicted molar refractivity (Wildman–Crippen MR) is 131 cm³/mol. The fourth-order valence-corrected chi connectivity index (χ4v) is 3.77. The van der Waals surface area contributed by atoms with Crippen molar-refractivity contribution in [3.8, 4) is 23.3 Å². The number of esters is 1. The molecule has 0 bridgehead atoms. The van der Waals surface area contributed by atoms with Crippen molar-refractivity contribution >= 4 is 16.7 Å². The van der Waals surface area contributed by atoms with Gasteiger partial charge in [-0.1, -0.05) is 50.7 Å². The van der Waals surface area contributed by atoms with Gasteiger partial charge in [0, 0.05) is 0 Å². The van der Waals surface area contributed by atoms with E-state index in [1.807, 2.05) is 36.4 Å². The largest absolute Gasteiger partial charge is 0.508 e. The number of rotatable bonds is 13. The Kier molecular flexibility index (Phi) is 9.60. The average molecular weight is 462 g/mol. The minimum absolute atomic E-state index is 0.0150. The van der Waals surface area contributed by atoms with Crippen LogP contribution < -0.4 is 4.74 Å². The maximum atomic E-state index is 11.9. The first kappa shape index (κ1) is 24.9. The summed E-state index contributed by atoms with van der Waals surface area (Å²) in [6.45, 7) is 1.00. The van der Waals surface area contributed by atoms with Gasteiger partial charge in [-0.05, 0) is 66.1 Å². The molecule has 178 valence electrons. The molecule has 0 saturated heterocycles. The number of benzene rings is 3. The van der Waals surface area contributed by atoms with Crippen LogP contribution in [0, 0.1) is 11.3 Å². The number of nitrogens with zero attached hydrogens (tertiary/aromatic N) is 1. The topological polar surface area (TPSA) is 99.8 Å². The number of aromatic hydroxyl groups is 2. The van der Waals surface area contributed by atoms with Gasteiger partial charge in [0.25, 0.3) is 0 Å². The Hall–Kier alpha value is -3.72. The number of carbonyl (C=O) groups excluding carboxylic acids is 1. The van der Waals surface area contributed by atoms with E-state index < -0.39 is 5.97 Å². The molecule has 0 aliphatic carbocycles. The molecule has 6 heteroatoms. The molecule has 34 heavy (non-hydrogen) atoms. The molecule has 0 unspecified atom stereocenters. The number of hydrogen-bond donors (Lipinski definition) is 2. The van der Waals surface area contributed by atoms with Crippen molar-refractivity contribution in [2.45, 2.75) is 51.4 Å². The van der Waals surface area contributed by atoms with Crippen LogP contribution in [0.2, 0.25) is 0 Å². The summed E-state index contributed by atoms with van der Waals surface area (Å²) in [7, 11) is 0. The van der Waals surface area contributed by atoms with Crippen molar-refractivity contribution in [2.75, 3.05) is 13.2 Å². The molecule has 0 aliphatic rings. The van der Waals surface area contributed by atoms with E-state index >= 15 is 0 Å². The van der Waals surface area contributed by atoms with Crippen LogP contribution in [0.5, 0.6) is 17.2 Å². The molecule has 0 fully saturated rings. The van der Waals surface area contributed by atoms with Crippen LogP contribution >= 0.6 is 0 Å². The van der Waals surface area contributed by atoms with Gasteiger partial charge in [0.15, 0.2) is 0 Å². The molecule has 0 amide bonds. The monoisotopic (exact) mass is 461 g/mol. The first-order valence-corrected chi connectivity index (χ1v) is 11.8. The summed E-state index contributed by atoms with van der Waals surface area (Å²) in [6, 6.07) is 17.6. The van der Waals surface area contributed by atoms with Crippen LogP contribution in [-0.4, -0.2) is 29.4 Å². The molecular weight excluding hydrogens is 430 g/mol. The fraction of sp³-hybridized carbons (Fsp3) is 0.357. The van der Waals surface area contributed by atoms with Gasteiger partial charge in [-0.25, -0.2) is 4.79 Å². The molecule has 6 nitrogen and oxygen atoms in total. The zero-order chi connectivity index (χ0) is 24.2. The summed E-state index contributed by atoms with van der Waals surface area (Å²) in [5.74, 6) is -0.0360. The summed E-state index contributed by atoms with van der Waals surface area (Å²) >= 11 is 0. The summed E-state index contributed by atoms with van der Waals surface area (Å²) in [5, 5.41) is 30.2. The number of hydrogen-bond acceptors (Lipinski definition) is 6. The average Bonchev–Trinajstić information content (AvgIpc) is 2.85. The molecular formula is C28H31NO5. The third kappa shape index (κ3) is 7.70. The van der Waals surface area contributed by atoms with Crippen molar-refractivity contribution in [1.82, 2.24) is 0 Å². The summed E-state index contributed by atoms with van der Waals surface area (Å²) in [4.78, 5) is 11.9. The van der Waals surface area contributed by atoms with E-state index in [-0.39, 0.29) is 17.1 Å². The van der Waals surface area contributed by atoms with Crippen LogP contribution in [0.1, 0.15) is 67.3 Å². The SMILES string of the molecule is N#Cc1ccc2cc(OCCCCCCCCCCOC(=O)c3cc(O)ccc3O)ccc2c1. The quantitative estimate of drug-likeness (QED) is 0.172. The number of ether oxygens (including phenoxy) is 2. The van der Waals surface area contributed by atoms with Crippen LogP contribution in [0.15, 0.2) is 54.6 Å². The highest BCUT2D eigenvalue weighted by atomic mass is 16.5. The Labute approximate surface area is 200 Å². The van der Waals surface area contributed by atoms with Crippen molar-refractivity contribution in [2.24, 2.45) is 0 Å². The minimum Gasteiger partial charge on any atom is -0.508 e. The van der Waals surface area contributed by atoms with Gasteiger partial charge in [-0.15, -0.1) is 0 Å². The lowest BCUT2D eigenvalue weighted by Gasteiger charge is -2.08. The number of carbonyl (C=O) groups is 1. The van der Waals surface area contributed by atoms with Crippen LogP contribution in [0.4, 0.5) is 0 Å². The molecule has 0 heterocycles. The number of unbranched alkanes of at least 4 members (excludes halogenated alkanes) is 7. The lowest BCUT2D eigenvalue weighted by atomic mass is 10.1. The first-order chi connectivity index (χ1) is 16.6. The number of fused-ring (bicyclic) bond motifs is 1. The Bertz CT molecular complexity index is 1140. The van der Waals surface area contributed by atoms with Gasteiger partial charge in [-0.3, -0.25) is 0 Å². The maximum absolute atomic E-state index is 11.9. The van der Waals surface area contributed by atoms with E-state index in [0.717, 1.165) is 55.0 Å². The van der Waals surface area contributed by atoms with E-state index in [2.05, 4.69) is 6.07 Å². The zero-order valence-electron chi connectivity index (χ0n) is 19.3. The van der Waals surface area contributed by atoms with Crippen molar-refractivity contribution < 1.29 is 24.5 Å². The normalized spacial score (nSPS) is 10.7. The standard InChI is InChI=1S/C28H31NO5/c29-20-21-9-10-23-18-25(13-11-22(23)17-21)33-15-7-5-3-1-2-4-6-8-16-34-28(32)26-19-24(30)12-14-27(26)31/h9-14,17-19,30-31H,1-8,15-16H2. The Morgan fingerprint density at radius 1 is 0.765 bits per heavy atom. The van der Waals surface area contributed by atoms with Gasteiger partial charge in [0.2, 0.25) is 0 Å². The molecule has 3 aromatic carbocycles. The number of nitriles is 1. The van der Waals surface area contributed by atoms with E-state index in [0.29, 0.717) is 18.8 Å². The van der Waals surface area contributed by atoms with Crippen LogP contribution in [0.25, 0.3) is 10.8 Å². The lowest BCUT2D eigenvalue weighted by Crippen LogP contribution is -2.06. The molecule has 3 rings (SSSR count). The Morgan fingerprint density at radius 2 is 1.41 bits per heavy atom. The fourth-order valence-electron chi connectivity index (χ4n) is 3.77. The number of phenolic OH excluding ortho intramolecular Hbond substituents is 2. The Balaban J connectivity index is 1.18.